The van der Waals surface area contributed by atoms with Gasteiger partial charge in [0.2, 0.25) is 0 Å². The monoisotopic (exact) mass is 359 g/mol. The maximum atomic E-state index is 12.8. The fourth-order valence-electron chi connectivity index (χ4n) is 3.17. The number of likely N-dealkylation sites (tertiary alicyclic amines) is 1. The third-order valence-corrected chi connectivity index (χ3v) is 4.48. The smallest absolute Gasteiger partial charge is 0.253 e. The van der Waals surface area contributed by atoms with Crippen molar-refractivity contribution in [1.29, 1.82) is 0 Å². The molecule has 3 rings (SSSR count). The zero-order valence-corrected chi connectivity index (χ0v) is 14.8. The molecule has 0 spiro atoms. The molecule has 0 unspecified atom stereocenters. The van der Waals surface area contributed by atoms with Crippen LogP contribution in [0.25, 0.3) is 0 Å². The van der Waals surface area contributed by atoms with E-state index in [4.69, 9.17) is 5.73 Å². The minimum absolute atomic E-state index is 0. The number of rotatable bonds is 3. The van der Waals surface area contributed by atoms with Crippen molar-refractivity contribution in [3.05, 3.63) is 71.3 Å². The highest BCUT2D eigenvalue weighted by molar-refractivity contribution is 5.99. The second-order valence-electron chi connectivity index (χ2n) is 6.05. The van der Waals surface area contributed by atoms with Gasteiger partial charge in [-0.2, -0.15) is 0 Å². The maximum absolute atomic E-state index is 12.8. The first-order valence-corrected chi connectivity index (χ1v) is 8.02. The molecule has 5 nitrogen and oxygen atoms in total. The van der Waals surface area contributed by atoms with E-state index in [2.05, 4.69) is 5.32 Å². The van der Waals surface area contributed by atoms with Gasteiger partial charge in [-0.25, -0.2) is 0 Å². The fraction of sp³-hybridized carbons (Fsp3) is 0.263. The van der Waals surface area contributed by atoms with Crippen LogP contribution in [0.15, 0.2) is 54.6 Å². The van der Waals surface area contributed by atoms with Gasteiger partial charge in [0.15, 0.2) is 0 Å². The van der Waals surface area contributed by atoms with Gasteiger partial charge in [0.25, 0.3) is 11.8 Å². The Kier molecular flexibility index (Phi) is 6.17. The lowest BCUT2D eigenvalue weighted by Gasteiger charge is -2.17. The van der Waals surface area contributed by atoms with Crippen LogP contribution >= 0.6 is 12.4 Å². The molecule has 2 atom stereocenters. The summed E-state index contributed by atoms with van der Waals surface area (Å²) in [5.74, 6) is -0.156. The van der Waals surface area contributed by atoms with Crippen molar-refractivity contribution in [3.8, 4) is 0 Å². The van der Waals surface area contributed by atoms with Gasteiger partial charge in [0.05, 0.1) is 0 Å². The van der Waals surface area contributed by atoms with Crippen molar-refractivity contribution < 1.29 is 9.59 Å². The van der Waals surface area contributed by atoms with Gasteiger partial charge >= 0.3 is 0 Å². The Morgan fingerprint density at radius 1 is 1.04 bits per heavy atom. The number of halogens is 1. The van der Waals surface area contributed by atoms with E-state index in [9.17, 15) is 9.59 Å². The molecule has 1 aliphatic rings. The highest BCUT2D eigenvalue weighted by atomic mass is 35.5. The summed E-state index contributed by atoms with van der Waals surface area (Å²) in [6.07, 6.45) is 0. The molecule has 25 heavy (non-hydrogen) atoms. The second kappa shape index (κ2) is 8.14. The lowest BCUT2D eigenvalue weighted by molar-refractivity contribution is 0.0789. The summed E-state index contributed by atoms with van der Waals surface area (Å²) in [4.78, 5) is 26.3. The van der Waals surface area contributed by atoms with Crippen LogP contribution in [0.3, 0.4) is 0 Å². The number of hydrogen-bond acceptors (Lipinski definition) is 3. The van der Waals surface area contributed by atoms with Crippen molar-refractivity contribution in [2.45, 2.75) is 12.0 Å². The zero-order valence-electron chi connectivity index (χ0n) is 14.0. The molecular weight excluding hydrogens is 338 g/mol. The molecule has 0 aliphatic carbocycles. The highest BCUT2D eigenvalue weighted by Gasteiger charge is 2.34. The van der Waals surface area contributed by atoms with Crippen LogP contribution in [0.4, 0.5) is 0 Å². The average molecular weight is 360 g/mol. The molecule has 2 amide bonds. The summed E-state index contributed by atoms with van der Waals surface area (Å²) in [7, 11) is 1.57. The van der Waals surface area contributed by atoms with E-state index in [0.29, 0.717) is 24.2 Å². The molecule has 0 aromatic heterocycles. The SMILES string of the molecule is CNC(=O)c1cccc(C(=O)N2C[C@@H](N)[C@H](c3ccccc3)C2)c1.Cl. The third kappa shape index (κ3) is 4.00. The fourth-order valence-corrected chi connectivity index (χ4v) is 3.17. The van der Waals surface area contributed by atoms with Crippen molar-refractivity contribution in [2.75, 3.05) is 20.1 Å². The molecule has 0 saturated carbocycles. The van der Waals surface area contributed by atoms with Crippen molar-refractivity contribution >= 4 is 24.2 Å². The van der Waals surface area contributed by atoms with E-state index in [1.807, 2.05) is 30.3 Å². The highest BCUT2D eigenvalue weighted by Crippen LogP contribution is 2.27. The average Bonchev–Trinajstić information content (AvgIpc) is 3.03. The Morgan fingerprint density at radius 3 is 2.40 bits per heavy atom. The largest absolute Gasteiger partial charge is 0.355 e. The summed E-state index contributed by atoms with van der Waals surface area (Å²) in [5.41, 5.74) is 8.40. The van der Waals surface area contributed by atoms with Crippen LogP contribution in [-0.4, -0.2) is 42.9 Å². The molecule has 2 aromatic carbocycles. The molecule has 1 aliphatic heterocycles. The second-order valence-corrected chi connectivity index (χ2v) is 6.05. The van der Waals surface area contributed by atoms with Gasteiger partial charge in [-0.3, -0.25) is 9.59 Å². The number of amides is 2. The maximum Gasteiger partial charge on any atom is 0.253 e. The predicted molar refractivity (Wildman–Crippen MR) is 100 cm³/mol. The summed E-state index contributed by atoms with van der Waals surface area (Å²) in [6.45, 7) is 1.11. The Labute approximate surface area is 153 Å². The summed E-state index contributed by atoms with van der Waals surface area (Å²) in [6, 6.07) is 16.7. The zero-order chi connectivity index (χ0) is 17.1. The van der Waals surface area contributed by atoms with Crippen LogP contribution in [0.1, 0.15) is 32.2 Å². The van der Waals surface area contributed by atoms with Gasteiger partial charge < -0.3 is 16.0 Å². The number of carbonyl (C=O) groups excluding carboxylic acids is 2. The molecule has 2 aromatic rings. The molecule has 1 saturated heterocycles. The lowest BCUT2D eigenvalue weighted by Crippen LogP contribution is -2.32. The topological polar surface area (TPSA) is 75.4 Å². The number of nitrogens with one attached hydrogen (secondary N) is 1. The van der Waals surface area contributed by atoms with Crippen LogP contribution in [-0.2, 0) is 0 Å². The first-order chi connectivity index (χ1) is 11.6. The quantitative estimate of drug-likeness (QED) is 0.880. The predicted octanol–water partition coefficient (Wildman–Crippen LogP) is 2.03. The van der Waals surface area contributed by atoms with Crippen molar-refractivity contribution in [1.82, 2.24) is 10.2 Å². The Morgan fingerprint density at radius 2 is 1.72 bits per heavy atom. The molecule has 0 bridgehead atoms. The van der Waals surface area contributed by atoms with Crippen LogP contribution in [0.5, 0.6) is 0 Å². The van der Waals surface area contributed by atoms with Crippen LogP contribution in [0, 0.1) is 0 Å². The van der Waals surface area contributed by atoms with Gasteiger partial charge in [-0.1, -0.05) is 36.4 Å². The molecule has 6 heteroatoms. The molecule has 1 heterocycles. The van der Waals surface area contributed by atoms with E-state index >= 15 is 0 Å². The number of benzene rings is 2. The van der Waals surface area contributed by atoms with Crippen molar-refractivity contribution in [3.63, 3.8) is 0 Å². The molecular formula is C19H22ClN3O2. The standard InChI is InChI=1S/C19H21N3O2.ClH/c1-21-18(23)14-8-5-9-15(10-14)19(24)22-11-16(17(20)12-22)13-6-3-2-4-7-13;/h2-10,16-17H,11-12,20H2,1H3,(H,21,23);1H/t16-,17+;/m0./s1. The van der Waals surface area contributed by atoms with E-state index in [1.54, 1.807) is 36.2 Å². The molecule has 3 N–H and O–H groups in total. The Hall–Kier alpha value is -2.37. The van der Waals surface area contributed by atoms with Gasteiger partial charge in [0.1, 0.15) is 0 Å². The van der Waals surface area contributed by atoms with Crippen molar-refractivity contribution in [2.24, 2.45) is 5.73 Å². The van der Waals surface area contributed by atoms with Gasteiger partial charge in [-0.05, 0) is 23.8 Å². The minimum atomic E-state index is -0.204. The Balaban J connectivity index is 0.00000225. The third-order valence-electron chi connectivity index (χ3n) is 4.48. The van der Waals surface area contributed by atoms with Crippen LogP contribution < -0.4 is 11.1 Å². The molecule has 1 fully saturated rings. The van der Waals surface area contributed by atoms with E-state index in [0.717, 1.165) is 5.56 Å². The van der Waals surface area contributed by atoms with E-state index in [-0.39, 0.29) is 36.2 Å². The Bertz CT molecular complexity index is 751. The number of nitrogens with zero attached hydrogens (tertiary/aromatic N) is 1. The number of carbonyl (C=O) groups is 2. The van der Waals surface area contributed by atoms with E-state index < -0.39 is 0 Å². The normalized spacial score (nSPS) is 19.2. The summed E-state index contributed by atoms with van der Waals surface area (Å²) >= 11 is 0. The summed E-state index contributed by atoms with van der Waals surface area (Å²) < 4.78 is 0. The first-order valence-electron chi connectivity index (χ1n) is 8.02. The number of hydrogen-bond donors (Lipinski definition) is 2. The van der Waals surface area contributed by atoms with Gasteiger partial charge in [0, 0.05) is 43.2 Å². The minimum Gasteiger partial charge on any atom is -0.355 e. The summed E-state index contributed by atoms with van der Waals surface area (Å²) in [5, 5.41) is 2.57. The number of nitrogens with two attached hydrogens (primary N) is 1. The van der Waals surface area contributed by atoms with E-state index in [1.165, 1.54) is 0 Å². The molecule has 0 radical (unpaired) electrons. The first kappa shape index (κ1) is 19.0. The molecule has 132 valence electrons. The van der Waals surface area contributed by atoms with Gasteiger partial charge in [-0.15, -0.1) is 12.4 Å². The lowest BCUT2D eigenvalue weighted by atomic mass is 9.95. The van der Waals surface area contributed by atoms with Crippen LogP contribution in [0.2, 0.25) is 0 Å².